The third-order valence-electron chi connectivity index (χ3n) is 5.80. The van der Waals surface area contributed by atoms with Crippen molar-refractivity contribution in [2.45, 2.75) is 27.7 Å². The predicted octanol–water partition coefficient (Wildman–Crippen LogP) is 0.765. The summed E-state index contributed by atoms with van der Waals surface area (Å²) in [6.07, 6.45) is 5.38. The van der Waals surface area contributed by atoms with Crippen molar-refractivity contribution in [2.75, 3.05) is 90.6 Å². The molecule has 13 nitrogen and oxygen atoms in total. The van der Waals surface area contributed by atoms with E-state index in [0.717, 1.165) is 0 Å². The molecule has 0 heterocycles. The Morgan fingerprint density at radius 3 is 1.33 bits per heavy atom. The van der Waals surface area contributed by atoms with Crippen LogP contribution in [0.1, 0.15) is 33.3 Å². The van der Waals surface area contributed by atoms with Crippen LogP contribution in [0, 0.1) is 12.3 Å². The van der Waals surface area contributed by atoms with E-state index >= 15 is 0 Å². The summed E-state index contributed by atoms with van der Waals surface area (Å²) in [4.78, 5) is 66.7. The fourth-order valence-corrected chi connectivity index (χ4v) is 3.87. The van der Waals surface area contributed by atoms with E-state index in [0.29, 0.717) is 11.3 Å². The first-order valence-corrected chi connectivity index (χ1v) is 14.3. The Morgan fingerprint density at radius 1 is 0.605 bits per heavy atom. The summed E-state index contributed by atoms with van der Waals surface area (Å²) in [6, 6.07) is 6.77. The number of carbonyl (C=O) groups excluding carboxylic acids is 5. The maximum atomic E-state index is 12.8. The van der Waals surface area contributed by atoms with Crippen molar-refractivity contribution >= 4 is 35.5 Å². The lowest BCUT2D eigenvalue weighted by Gasteiger charge is -2.28. The van der Waals surface area contributed by atoms with E-state index in [-0.39, 0.29) is 91.2 Å². The molecule has 1 N–H and O–H groups in total. The van der Waals surface area contributed by atoms with Crippen molar-refractivity contribution < 1.29 is 42.9 Å². The summed E-state index contributed by atoms with van der Waals surface area (Å²) < 4.78 is 20.3. The molecule has 1 aromatic rings. The standard InChI is InChI=1S/C30H44N4O9/c1-6-24-11-13-25(14-12-24)31-26(35)19-33(21-28(37)41-8-3)17-15-32(20-27(36)40-7-2)16-18-34(22-29(38)42-9-4)23-30(39)43-10-5/h1,11-14H,7-10,15-23H2,2-5H3,(H,31,35). The summed E-state index contributed by atoms with van der Waals surface area (Å²) in [5, 5.41) is 2.78. The first-order chi connectivity index (χ1) is 20.6. The third-order valence-corrected chi connectivity index (χ3v) is 5.80. The smallest absolute Gasteiger partial charge is 0.320 e. The molecule has 0 bridgehead atoms. The van der Waals surface area contributed by atoms with E-state index in [1.165, 1.54) is 0 Å². The Labute approximate surface area is 253 Å². The lowest BCUT2D eigenvalue weighted by atomic mass is 10.2. The van der Waals surface area contributed by atoms with Gasteiger partial charge in [-0.2, -0.15) is 0 Å². The molecule has 0 aliphatic heterocycles. The second-order valence-corrected chi connectivity index (χ2v) is 9.19. The zero-order valence-electron chi connectivity index (χ0n) is 25.6. The second-order valence-electron chi connectivity index (χ2n) is 9.19. The van der Waals surface area contributed by atoms with Gasteiger partial charge < -0.3 is 24.3 Å². The first-order valence-electron chi connectivity index (χ1n) is 14.3. The molecule has 1 rings (SSSR count). The van der Waals surface area contributed by atoms with Gasteiger partial charge in [0.1, 0.15) is 0 Å². The summed E-state index contributed by atoms with van der Waals surface area (Å²) >= 11 is 0. The molecule has 0 spiro atoms. The fraction of sp³-hybridized carbons (Fsp3) is 0.567. The van der Waals surface area contributed by atoms with E-state index in [4.69, 9.17) is 25.4 Å². The van der Waals surface area contributed by atoms with Gasteiger partial charge >= 0.3 is 23.9 Å². The molecule has 13 heteroatoms. The average molecular weight is 605 g/mol. The Balaban J connectivity index is 2.99. The number of nitrogens with zero attached hydrogens (tertiary/aromatic N) is 3. The van der Waals surface area contributed by atoms with Crippen LogP contribution in [0.25, 0.3) is 0 Å². The predicted molar refractivity (Wildman–Crippen MR) is 159 cm³/mol. The van der Waals surface area contributed by atoms with Crippen molar-refractivity contribution in [3.05, 3.63) is 29.8 Å². The molecule has 0 saturated carbocycles. The monoisotopic (exact) mass is 604 g/mol. The van der Waals surface area contributed by atoms with Crippen LogP contribution in [-0.4, -0.2) is 130 Å². The minimum atomic E-state index is -0.499. The minimum Gasteiger partial charge on any atom is -0.465 e. The number of amides is 1. The number of benzene rings is 1. The Hall–Kier alpha value is -3.99. The van der Waals surface area contributed by atoms with Crippen LogP contribution in [0.3, 0.4) is 0 Å². The lowest BCUT2D eigenvalue weighted by Crippen LogP contribution is -2.46. The Kier molecular flexibility index (Phi) is 18.7. The first kappa shape index (κ1) is 37.0. The molecule has 0 aliphatic carbocycles. The number of ether oxygens (including phenoxy) is 4. The SMILES string of the molecule is C#Cc1ccc(NC(=O)CN(CCN(CCN(CC(=O)OCC)CC(=O)OCC)CC(=O)OCC)CC(=O)OCC)cc1. The van der Waals surface area contributed by atoms with Gasteiger partial charge in [-0.3, -0.25) is 38.7 Å². The van der Waals surface area contributed by atoms with E-state index in [2.05, 4.69) is 11.2 Å². The van der Waals surface area contributed by atoms with Gasteiger partial charge in [-0.25, -0.2) is 0 Å². The molecule has 0 aliphatic rings. The maximum absolute atomic E-state index is 12.8. The van der Waals surface area contributed by atoms with Gasteiger partial charge in [-0.15, -0.1) is 6.42 Å². The van der Waals surface area contributed by atoms with Crippen molar-refractivity contribution in [2.24, 2.45) is 0 Å². The van der Waals surface area contributed by atoms with E-state index < -0.39 is 23.9 Å². The third kappa shape index (κ3) is 16.9. The van der Waals surface area contributed by atoms with Gasteiger partial charge in [0.15, 0.2) is 0 Å². The number of carbonyl (C=O) groups is 5. The highest BCUT2D eigenvalue weighted by molar-refractivity contribution is 5.92. The van der Waals surface area contributed by atoms with Crippen molar-refractivity contribution in [1.29, 1.82) is 0 Å². The van der Waals surface area contributed by atoms with Gasteiger partial charge in [0.25, 0.3) is 0 Å². The van der Waals surface area contributed by atoms with Crippen LogP contribution < -0.4 is 5.32 Å². The highest BCUT2D eigenvalue weighted by Crippen LogP contribution is 2.09. The van der Waals surface area contributed by atoms with E-state index in [1.54, 1.807) is 66.7 Å². The van der Waals surface area contributed by atoms with Crippen molar-refractivity contribution in [3.63, 3.8) is 0 Å². The number of hydrogen-bond acceptors (Lipinski definition) is 12. The highest BCUT2D eigenvalue weighted by Gasteiger charge is 2.21. The molecule has 0 atom stereocenters. The number of terminal acetylenes is 1. The molecule has 0 unspecified atom stereocenters. The van der Waals surface area contributed by atoms with Gasteiger partial charge in [-0.05, 0) is 52.0 Å². The fourth-order valence-electron chi connectivity index (χ4n) is 3.87. The van der Waals surface area contributed by atoms with Crippen LogP contribution in [0.2, 0.25) is 0 Å². The quantitative estimate of drug-likeness (QED) is 0.120. The summed E-state index contributed by atoms with van der Waals surface area (Å²) in [6.45, 7) is 7.86. The van der Waals surface area contributed by atoms with E-state index in [1.807, 2.05) is 0 Å². The van der Waals surface area contributed by atoms with Crippen LogP contribution in [0.5, 0.6) is 0 Å². The molecule has 43 heavy (non-hydrogen) atoms. The minimum absolute atomic E-state index is 0.0819. The van der Waals surface area contributed by atoms with Gasteiger partial charge in [-0.1, -0.05) is 5.92 Å². The van der Waals surface area contributed by atoms with Crippen LogP contribution >= 0.6 is 0 Å². The second kappa shape index (κ2) is 21.7. The van der Waals surface area contributed by atoms with Gasteiger partial charge in [0.2, 0.25) is 5.91 Å². The highest BCUT2D eigenvalue weighted by atomic mass is 16.5. The number of rotatable bonds is 21. The molecule has 1 amide bonds. The lowest BCUT2D eigenvalue weighted by molar-refractivity contribution is -0.149. The normalized spacial score (nSPS) is 10.7. The maximum Gasteiger partial charge on any atom is 0.320 e. The number of anilines is 1. The van der Waals surface area contributed by atoms with Crippen molar-refractivity contribution in [1.82, 2.24) is 14.7 Å². The number of hydrogen-bond donors (Lipinski definition) is 1. The Bertz CT molecular complexity index is 1050. The topological polar surface area (TPSA) is 144 Å². The largest absolute Gasteiger partial charge is 0.465 e. The summed E-state index contributed by atoms with van der Waals surface area (Å²) in [7, 11) is 0. The van der Waals surface area contributed by atoms with Crippen molar-refractivity contribution in [3.8, 4) is 12.3 Å². The van der Waals surface area contributed by atoms with Crippen LogP contribution in [0.15, 0.2) is 24.3 Å². The molecule has 1 aromatic carbocycles. The molecular weight excluding hydrogens is 560 g/mol. The Morgan fingerprint density at radius 2 is 0.953 bits per heavy atom. The van der Waals surface area contributed by atoms with Gasteiger partial charge in [0, 0.05) is 37.4 Å². The summed E-state index contributed by atoms with van der Waals surface area (Å²) in [5.41, 5.74) is 1.22. The average Bonchev–Trinajstić information content (AvgIpc) is 2.95. The van der Waals surface area contributed by atoms with Crippen LogP contribution in [0.4, 0.5) is 5.69 Å². The molecule has 0 radical (unpaired) electrons. The molecular formula is C30H44N4O9. The zero-order chi connectivity index (χ0) is 32.0. The molecule has 0 aromatic heterocycles. The zero-order valence-corrected chi connectivity index (χ0v) is 25.6. The molecule has 0 saturated heterocycles. The molecule has 0 fully saturated rings. The summed E-state index contributed by atoms with van der Waals surface area (Å²) in [5.74, 6) is 0.199. The molecule has 238 valence electrons. The number of nitrogens with one attached hydrogen (secondary N) is 1. The van der Waals surface area contributed by atoms with E-state index in [9.17, 15) is 24.0 Å². The number of esters is 4. The van der Waals surface area contributed by atoms with Crippen LogP contribution in [-0.2, 0) is 42.9 Å². The van der Waals surface area contributed by atoms with Gasteiger partial charge in [0.05, 0.1) is 59.2 Å².